The van der Waals surface area contributed by atoms with Crippen LogP contribution in [0.4, 0.5) is 0 Å². The lowest BCUT2D eigenvalue weighted by Gasteiger charge is -1.95. The largest absolute Gasteiger partial charge is 0.412 e. The van der Waals surface area contributed by atoms with Gasteiger partial charge in [0, 0.05) is 0 Å². The smallest absolute Gasteiger partial charge is 0.394 e. The second-order valence-electron chi connectivity index (χ2n) is 2.74. The molecular formula is C7H36O20S2. The fraction of sp³-hybridized carbons (Fsp3) is 0.143. The monoisotopic (exact) mass is 504 g/mol. The third kappa shape index (κ3) is 75.7. The van der Waals surface area contributed by atoms with Crippen molar-refractivity contribution in [2.24, 2.45) is 0 Å². The van der Waals surface area contributed by atoms with Crippen molar-refractivity contribution in [2.45, 2.75) is 11.8 Å². The highest BCUT2D eigenvalue weighted by Gasteiger charge is 2.06. The van der Waals surface area contributed by atoms with E-state index in [1.54, 1.807) is 12.1 Å². The van der Waals surface area contributed by atoms with Crippen LogP contribution in [-0.4, -0.2) is 102 Å². The van der Waals surface area contributed by atoms with Crippen LogP contribution in [0, 0.1) is 6.92 Å². The molecule has 0 aromatic heterocycles. The summed E-state index contributed by atoms with van der Waals surface area (Å²) in [6, 6.07) is 5.99. The van der Waals surface area contributed by atoms with Crippen molar-refractivity contribution < 1.29 is 102 Å². The van der Waals surface area contributed by atoms with E-state index in [9.17, 15) is 8.42 Å². The van der Waals surface area contributed by atoms with Gasteiger partial charge in [-0.15, -0.1) is 0 Å². The molecule has 0 spiro atoms. The first-order valence-corrected chi connectivity index (χ1v) is 6.58. The zero-order chi connectivity index (χ0) is 13.0. The van der Waals surface area contributed by atoms with E-state index >= 15 is 0 Å². The standard InChI is InChI=1S/C7H8O3S.H2O4S.13H2O/c1-6-2-4-7(5-3-6)11(8,9)10;1-5(2,3)4;;;;;;;;;;;;;/h2-5H,1H3,(H,8,9,10);(H2,1,2,3,4);13*1H2. The minimum atomic E-state index is -4.67. The van der Waals surface area contributed by atoms with Crippen LogP contribution in [0.3, 0.4) is 0 Å². The highest BCUT2D eigenvalue weighted by Crippen LogP contribution is 2.08. The maximum atomic E-state index is 10.5. The maximum absolute atomic E-state index is 10.5. The Morgan fingerprint density at radius 1 is 0.517 bits per heavy atom. The van der Waals surface area contributed by atoms with Crippen molar-refractivity contribution in [1.82, 2.24) is 0 Å². The van der Waals surface area contributed by atoms with Crippen LogP contribution in [0.15, 0.2) is 29.2 Å². The average Bonchev–Trinajstić information content (AvgIpc) is 1.99. The van der Waals surface area contributed by atoms with Crippen LogP contribution >= 0.6 is 0 Å². The summed E-state index contributed by atoms with van der Waals surface area (Å²) in [5.41, 5.74) is 0.956. The topological polar surface area (TPSA) is 538 Å². The Morgan fingerprint density at radius 2 is 0.690 bits per heavy atom. The van der Waals surface area contributed by atoms with E-state index in [4.69, 9.17) is 22.1 Å². The molecule has 29 heavy (non-hydrogen) atoms. The Hall–Kier alpha value is -1.52. The number of hydrogen-bond acceptors (Lipinski definition) is 4. The summed E-state index contributed by atoms with van der Waals surface area (Å²) in [6.45, 7) is 1.84. The van der Waals surface area contributed by atoms with Crippen molar-refractivity contribution in [3.63, 3.8) is 0 Å². The van der Waals surface area contributed by atoms with Crippen molar-refractivity contribution >= 4 is 20.5 Å². The summed E-state index contributed by atoms with van der Waals surface area (Å²) in [6.07, 6.45) is 0. The lowest BCUT2D eigenvalue weighted by molar-refractivity contribution is 0.380. The molecule has 0 aliphatic rings. The number of benzene rings is 1. The molecule has 20 nitrogen and oxygen atoms in total. The van der Waals surface area contributed by atoms with Crippen LogP contribution in [0.5, 0.6) is 0 Å². The van der Waals surface area contributed by atoms with Crippen molar-refractivity contribution in [1.29, 1.82) is 0 Å². The molecule has 0 bridgehead atoms. The lowest BCUT2D eigenvalue weighted by atomic mass is 10.2. The first kappa shape index (κ1) is 106. The van der Waals surface area contributed by atoms with Gasteiger partial charge < -0.3 is 71.2 Å². The average molecular weight is 504 g/mol. The highest BCUT2D eigenvalue weighted by atomic mass is 32.3. The van der Waals surface area contributed by atoms with Crippen molar-refractivity contribution in [2.75, 3.05) is 0 Å². The van der Waals surface area contributed by atoms with E-state index in [1.165, 1.54) is 12.1 Å². The van der Waals surface area contributed by atoms with E-state index in [2.05, 4.69) is 0 Å². The molecule has 1 rings (SSSR count). The summed E-state index contributed by atoms with van der Waals surface area (Å²) < 4.78 is 61.1. The Morgan fingerprint density at radius 3 is 0.828 bits per heavy atom. The molecule has 0 fully saturated rings. The molecule has 0 heterocycles. The van der Waals surface area contributed by atoms with Gasteiger partial charge in [-0.25, -0.2) is 0 Å². The Bertz CT molecular complexity index is 529. The van der Waals surface area contributed by atoms with Gasteiger partial charge in [-0.1, -0.05) is 17.7 Å². The zero-order valence-corrected chi connectivity index (χ0v) is 16.2. The predicted octanol–water partition coefficient (Wildman–Crippen LogP) is -10.1. The molecule has 0 amide bonds. The molecule has 29 N–H and O–H groups in total. The molecule has 196 valence electrons. The molecule has 0 unspecified atom stereocenters. The molecule has 0 radical (unpaired) electrons. The van der Waals surface area contributed by atoms with Gasteiger partial charge in [-0.05, 0) is 19.1 Å². The molecule has 0 saturated heterocycles. The molecule has 1 aromatic rings. The molecule has 0 saturated carbocycles. The first-order valence-electron chi connectivity index (χ1n) is 3.74. The predicted molar refractivity (Wildman–Crippen MR) is 102 cm³/mol. The van der Waals surface area contributed by atoms with E-state index in [0.29, 0.717) is 0 Å². The van der Waals surface area contributed by atoms with E-state index < -0.39 is 20.5 Å². The summed E-state index contributed by atoms with van der Waals surface area (Å²) >= 11 is 0. The van der Waals surface area contributed by atoms with Gasteiger partial charge >= 0.3 is 10.4 Å². The van der Waals surface area contributed by atoms with Crippen LogP contribution in [0.25, 0.3) is 0 Å². The third-order valence-corrected chi connectivity index (χ3v) is 2.19. The van der Waals surface area contributed by atoms with Crippen LogP contribution in [-0.2, 0) is 20.5 Å². The summed E-state index contributed by atoms with van der Waals surface area (Å²) in [4.78, 5) is -0.0666. The normalized spacial score (nSPS) is 6.34. The lowest BCUT2D eigenvalue weighted by Crippen LogP contribution is -1.96. The van der Waals surface area contributed by atoms with Gasteiger partial charge in [-0.3, -0.25) is 13.7 Å². The molecule has 22 heteroatoms. The summed E-state index contributed by atoms with van der Waals surface area (Å²) in [5, 5.41) is 0. The van der Waals surface area contributed by atoms with E-state index in [1.807, 2.05) is 6.92 Å². The Kier molecular flexibility index (Phi) is 150. The van der Waals surface area contributed by atoms with Gasteiger partial charge in [0.2, 0.25) is 0 Å². The minimum Gasteiger partial charge on any atom is -0.412 e. The fourth-order valence-corrected chi connectivity index (χ4v) is 1.19. The maximum Gasteiger partial charge on any atom is 0.394 e. The van der Waals surface area contributed by atoms with Crippen molar-refractivity contribution in [3.05, 3.63) is 29.8 Å². The number of aryl methyl sites for hydroxylation is 1. The second kappa shape index (κ2) is 41.0. The van der Waals surface area contributed by atoms with Gasteiger partial charge in [0.25, 0.3) is 10.1 Å². The van der Waals surface area contributed by atoms with Crippen molar-refractivity contribution in [3.8, 4) is 0 Å². The Balaban J connectivity index is -0.00000000972. The number of hydrogen-bond donors (Lipinski definition) is 3. The minimum absolute atomic E-state index is 0. The molecule has 0 atom stereocenters. The summed E-state index contributed by atoms with van der Waals surface area (Å²) in [7, 11) is -8.69. The zero-order valence-electron chi connectivity index (χ0n) is 14.6. The molecular weight excluding hydrogens is 468 g/mol. The van der Waals surface area contributed by atoms with Gasteiger partial charge in [0.15, 0.2) is 0 Å². The first-order chi connectivity index (χ1) is 7.00. The highest BCUT2D eigenvalue weighted by molar-refractivity contribution is 7.85. The van der Waals surface area contributed by atoms with Crippen LogP contribution in [0.2, 0.25) is 0 Å². The van der Waals surface area contributed by atoms with Crippen LogP contribution < -0.4 is 0 Å². The fourth-order valence-electron chi connectivity index (χ4n) is 0.710. The Labute approximate surface area is 164 Å². The van der Waals surface area contributed by atoms with E-state index in [0.717, 1.165) is 5.56 Å². The third-order valence-electron chi connectivity index (χ3n) is 1.32. The van der Waals surface area contributed by atoms with Gasteiger partial charge in [0.05, 0.1) is 4.90 Å². The van der Waals surface area contributed by atoms with Crippen LogP contribution in [0.1, 0.15) is 5.56 Å². The molecule has 1 aromatic carbocycles. The van der Waals surface area contributed by atoms with E-state index in [-0.39, 0.29) is 76.1 Å². The summed E-state index contributed by atoms with van der Waals surface area (Å²) in [5.74, 6) is 0. The van der Waals surface area contributed by atoms with Gasteiger partial charge in [0.1, 0.15) is 0 Å². The quantitative estimate of drug-likeness (QED) is 0.309. The molecule has 0 aliphatic carbocycles. The second-order valence-corrected chi connectivity index (χ2v) is 5.05. The SMILES string of the molecule is Cc1ccc(S(=O)(=O)O)cc1.O.O.O.O.O.O.O.O.O.O.O.O.O.O=S(=O)(O)O. The number of rotatable bonds is 1. The van der Waals surface area contributed by atoms with Gasteiger partial charge in [-0.2, -0.15) is 16.8 Å². The molecule has 0 aliphatic heterocycles.